The van der Waals surface area contributed by atoms with Gasteiger partial charge in [0, 0.05) is 31.4 Å². The van der Waals surface area contributed by atoms with Crippen molar-refractivity contribution in [2.75, 3.05) is 13.2 Å². The topological polar surface area (TPSA) is 91.6 Å². The van der Waals surface area contributed by atoms with Crippen LogP contribution in [0.15, 0.2) is 23.1 Å². The number of aryl methyl sites for hydroxylation is 1. The highest BCUT2D eigenvalue weighted by atomic mass is 16.3. The molecule has 6 nitrogen and oxygen atoms in total. The number of amides is 1. The summed E-state index contributed by atoms with van der Waals surface area (Å²) in [4.78, 5) is 22.9. The van der Waals surface area contributed by atoms with Crippen LogP contribution < -0.4 is 10.9 Å². The summed E-state index contributed by atoms with van der Waals surface area (Å²) in [6.45, 7) is 0.860. The Hall–Kier alpha value is -1.66. The van der Waals surface area contributed by atoms with E-state index in [-0.39, 0.29) is 17.7 Å². The molecular formula is C11H16N2O4. The molecule has 0 radical (unpaired) electrons. The van der Waals surface area contributed by atoms with E-state index in [9.17, 15) is 14.7 Å². The van der Waals surface area contributed by atoms with Crippen LogP contribution in [0, 0.1) is 0 Å². The molecule has 1 unspecified atom stereocenters. The van der Waals surface area contributed by atoms with Gasteiger partial charge in [-0.25, -0.2) is 0 Å². The van der Waals surface area contributed by atoms with Gasteiger partial charge in [0.05, 0.1) is 6.61 Å². The Morgan fingerprint density at radius 3 is 2.76 bits per heavy atom. The van der Waals surface area contributed by atoms with E-state index in [1.54, 1.807) is 7.05 Å². The number of rotatable bonds is 4. The lowest BCUT2D eigenvalue weighted by Gasteiger charge is -2.20. The largest absolute Gasteiger partial charge is 0.393 e. The molecule has 0 saturated heterocycles. The molecule has 1 heterocycles. The number of pyridine rings is 1. The van der Waals surface area contributed by atoms with Gasteiger partial charge < -0.3 is 20.1 Å². The highest BCUT2D eigenvalue weighted by Crippen LogP contribution is 2.00. The Morgan fingerprint density at radius 2 is 2.24 bits per heavy atom. The maximum Gasteiger partial charge on any atom is 0.251 e. The van der Waals surface area contributed by atoms with Crippen molar-refractivity contribution in [3.05, 3.63) is 34.2 Å². The van der Waals surface area contributed by atoms with Crippen LogP contribution in [0.25, 0.3) is 0 Å². The van der Waals surface area contributed by atoms with Crippen molar-refractivity contribution < 1.29 is 15.0 Å². The Kier molecular flexibility index (Phi) is 4.03. The summed E-state index contributed by atoms with van der Waals surface area (Å²) in [5.41, 5.74) is -1.43. The van der Waals surface area contributed by atoms with Crippen LogP contribution in [-0.4, -0.2) is 39.4 Å². The minimum absolute atomic E-state index is 0.0858. The second-order valence-corrected chi connectivity index (χ2v) is 4.20. The minimum atomic E-state index is -1.37. The van der Waals surface area contributed by atoms with Gasteiger partial charge in [0.1, 0.15) is 5.60 Å². The van der Waals surface area contributed by atoms with Crippen molar-refractivity contribution in [1.29, 1.82) is 0 Å². The van der Waals surface area contributed by atoms with Crippen LogP contribution in [-0.2, 0) is 7.05 Å². The fraction of sp³-hybridized carbons (Fsp3) is 0.455. The lowest BCUT2D eigenvalue weighted by Crippen LogP contribution is -2.43. The van der Waals surface area contributed by atoms with Gasteiger partial charge in [-0.1, -0.05) is 0 Å². The van der Waals surface area contributed by atoms with E-state index in [0.717, 1.165) is 0 Å². The fourth-order valence-corrected chi connectivity index (χ4v) is 1.12. The smallest absolute Gasteiger partial charge is 0.251 e. The van der Waals surface area contributed by atoms with Crippen LogP contribution in [0.2, 0.25) is 0 Å². The number of carbonyl (C=O) groups excluding carboxylic acids is 1. The molecule has 0 aliphatic carbocycles. The Morgan fingerprint density at radius 1 is 1.59 bits per heavy atom. The van der Waals surface area contributed by atoms with Gasteiger partial charge in [-0.05, 0) is 13.0 Å². The summed E-state index contributed by atoms with van der Waals surface area (Å²) in [5, 5.41) is 20.7. The number of aliphatic hydroxyl groups excluding tert-OH is 1. The normalized spacial score (nSPS) is 14.1. The third-order valence-electron chi connectivity index (χ3n) is 2.34. The molecule has 1 amide bonds. The van der Waals surface area contributed by atoms with Gasteiger partial charge in [0.2, 0.25) is 0 Å². The number of carbonyl (C=O) groups is 1. The summed E-state index contributed by atoms with van der Waals surface area (Å²) in [7, 11) is 1.58. The van der Waals surface area contributed by atoms with E-state index in [0.29, 0.717) is 0 Å². The molecule has 3 N–H and O–H groups in total. The second-order valence-electron chi connectivity index (χ2n) is 4.20. The third-order valence-corrected chi connectivity index (χ3v) is 2.34. The first-order valence-corrected chi connectivity index (χ1v) is 5.14. The number of nitrogens with one attached hydrogen (secondary N) is 1. The van der Waals surface area contributed by atoms with Crippen molar-refractivity contribution in [3.63, 3.8) is 0 Å². The van der Waals surface area contributed by atoms with Crippen molar-refractivity contribution in [2.24, 2.45) is 7.05 Å². The van der Waals surface area contributed by atoms with Gasteiger partial charge in [-0.15, -0.1) is 0 Å². The monoisotopic (exact) mass is 240 g/mol. The van der Waals surface area contributed by atoms with Gasteiger partial charge in [-0.2, -0.15) is 0 Å². The molecule has 1 rings (SSSR count). The van der Waals surface area contributed by atoms with Gasteiger partial charge >= 0.3 is 0 Å². The molecule has 17 heavy (non-hydrogen) atoms. The quantitative estimate of drug-likeness (QED) is 0.620. The van der Waals surface area contributed by atoms with Crippen LogP contribution in [0.3, 0.4) is 0 Å². The molecule has 1 aromatic rings. The van der Waals surface area contributed by atoms with Crippen molar-refractivity contribution in [3.8, 4) is 0 Å². The molecule has 0 spiro atoms. The Bertz CT molecular complexity index is 465. The first-order chi connectivity index (χ1) is 7.85. The van der Waals surface area contributed by atoms with E-state index in [1.807, 2.05) is 0 Å². The molecule has 0 saturated carbocycles. The van der Waals surface area contributed by atoms with E-state index >= 15 is 0 Å². The Balaban J connectivity index is 2.71. The molecule has 94 valence electrons. The summed E-state index contributed by atoms with van der Waals surface area (Å²) in [5.74, 6) is -0.462. The zero-order valence-electron chi connectivity index (χ0n) is 9.80. The number of hydrogen-bond acceptors (Lipinski definition) is 4. The van der Waals surface area contributed by atoms with E-state index in [1.165, 1.54) is 29.8 Å². The molecule has 6 heteroatoms. The van der Waals surface area contributed by atoms with Crippen molar-refractivity contribution in [1.82, 2.24) is 9.88 Å². The fourth-order valence-electron chi connectivity index (χ4n) is 1.12. The number of nitrogens with zero attached hydrogens (tertiary/aromatic N) is 1. The highest BCUT2D eigenvalue weighted by molar-refractivity contribution is 5.94. The average molecular weight is 240 g/mol. The van der Waals surface area contributed by atoms with Gasteiger partial charge in [0.15, 0.2) is 0 Å². The van der Waals surface area contributed by atoms with Crippen molar-refractivity contribution >= 4 is 5.91 Å². The van der Waals surface area contributed by atoms with Crippen LogP contribution in [0.4, 0.5) is 0 Å². The van der Waals surface area contributed by atoms with E-state index in [4.69, 9.17) is 5.11 Å². The van der Waals surface area contributed by atoms with Crippen molar-refractivity contribution in [2.45, 2.75) is 12.5 Å². The number of hydrogen-bond donors (Lipinski definition) is 3. The Labute approximate surface area is 98.5 Å². The molecule has 0 fully saturated rings. The third kappa shape index (κ3) is 3.69. The van der Waals surface area contributed by atoms with E-state index < -0.39 is 18.1 Å². The van der Waals surface area contributed by atoms with Crippen LogP contribution in [0.1, 0.15) is 17.3 Å². The zero-order chi connectivity index (χ0) is 13.1. The number of aromatic nitrogens is 1. The minimum Gasteiger partial charge on any atom is -0.393 e. The standard InChI is InChI=1S/C11H16N2O4/c1-11(17,7-14)6-12-10(16)8-3-4-13(2)9(15)5-8/h3-5,14,17H,6-7H2,1-2H3,(H,12,16). The SMILES string of the molecule is Cn1ccc(C(=O)NCC(C)(O)CO)cc1=O. The molecule has 0 aromatic carbocycles. The molecule has 0 aliphatic rings. The van der Waals surface area contributed by atoms with Gasteiger partial charge in [0.25, 0.3) is 11.5 Å². The maximum atomic E-state index is 11.6. The maximum absolute atomic E-state index is 11.6. The van der Waals surface area contributed by atoms with Crippen LogP contribution in [0.5, 0.6) is 0 Å². The average Bonchev–Trinajstić information content (AvgIpc) is 2.30. The number of aliphatic hydroxyl groups is 2. The summed E-state index contributed by atoms with van der Waals surface area (Å²) >= 11 is 0. The first-order valence-electron chi connectivity index (χ1n) is 5.14. The van der Waals surface area contributed by atoms with Crippen LogP contribution >= 0.6 is 0 Å². The predicted molar refractivity (Wildman–Crippen MR) is 61.7 cm³/mol. The summed E-state index contributed by atoms with van der Waals surface area (Å²) in [6.07, 6.45) is 1.49. The molecule has 1 atom stereocenters. The van der Waals surface area contributed by atoms with Gasteiger partial charge in [-0.3, -0.25) is 9.59 Å². The summed E-state index contributed by atoms with van der Waals surface area (Å²) in [6, 6.07) is 2.72. The lowest BCUT2D eigenvalue weighted by atomic mass is 10.1. The zero-order valence-corrected chi connectivity index (χ0v) is 9.80. The molecule has 0 aliphatic heterocycles. The second kappa shape index (κ2) is 5.11. The molecule has 0 bridgehead atoms. The van der Waals surface area contributed by atoms with E-state index in [2.05, 4.69) is 5.32 Å². The first kappa shape index (κ1) is 13.4. The molecular weight excluding hydrogens is 224 g/mol. The summed E-state index contributed by atoms with van der Waals surface area (Å²) < 4.78 is 1.35. The highest BCUT2D eigenvalue weighted by Gasteiger charge is 2.20. The molecule has 1 aromatic heterocycles. The lowest BCUT2D eigenvalue weighted by molar-refractivity contribution is 0.00320. The predicted octanol–water partition coefficient (Wildman–Crippen LogP) is -1.14.